The van der Waals surface area contributed by atoms with Gasteiger partial charge in [-0.15, -0.1) is 0 Å². The second-order valence-electron chi connectivity index (χ2n) is 3.87. The first-order chi connectivity index (χ1) is 7.36. The average Bonchev–Trinajstić information content (AvgIpc) is 2.83. The van der Waals surface area contributed by atoms with E-state index < -0.39 is 0 Å². The van der Waals surface area contributed by atoms with E-state index >= 15 is 0 Å². The molecule has 1 aromatic carbocycles. The molecule has 0 saturated carbocycles. The van der Waals surface area contributed by atoms with Crippen LogP contribution in [0.1, 0.15) is 22.0 Å². The first kappa shape index (κ1) is 8.48. The van der Waals surface area contributed by atoms with Crippen molar-refractivity contribution < 1.29 is 4.79 Å². The van der Waals surface area contributed by atoms with E-state index in [0.29, 0.717) is 0 Å². The standard InChI is InChI=1S/C13H11NO/c15-13-11(10-5-2-1-3-6-10)9-14-8-4-7-12(13)14/h1-8,11H,9H2. The number of Topliss-reactive ketones (excluding diaryl/α,β-unsaturated/α-hetero) is 1. The maximum absolute atomic E-state index is 12.0. The number of carbonyl (C=O) groups excluding carboxylic acids is 1. The summed E-state index contributed by atoms with van der Waals surface area (Å²) in [7, 11) is 0. The van der Waals surface area contributed by atoms with Crippen LogP contribution in [0.25, 0.3) is 0 Å². The molecule has 0 fully saturated rings. The summed E-state index contributed by atoms with van der Waals surface area (Å²) in [5.41, 5.74) is 1.95. The van der Waals surface area contributed by atoms with Crippen LogP contribution in [-0.2, 0) is 6.54 Å². The van der Waals surface area contributed by atoms with Crippen LogP contribution in [0.2, 0.25) is 0 Å². The number of nitrogens with zero attached hydrogens (tertiary/aromatic N) is 1. The Morgan fingerprint density at radius 2 is 1.87 bits per heavy atom. The molecule has 2 heterocycles. The normalized spacial score (nSPS) is 19.2. The SMILES string of the molecule is O=C1c2cccn2CC1c1ccccc1. The molecule has 0 aliphatic carbocycles. The lowest BCUT2D eigenvalue weighted by Crippen LogP contribution is -2.06. The summed E-state index contributed by atoms with van der Waals surface area (Å²) in [5.74, 6) is 0.258. The Hall–Kier alpha value is -1.83. The first-order valence-corrected chi connectivity index (χ1v) is 5.10. The molecule has 0 spiro atoms. The monoisotopic (exact) mass is 197 g/mol. The lowest BCUT2D eigenvalue weighted by Gasteiger charge is -2.07. The number of rotatable bonds is 1. The van der Waals surface area contributed by atoms with E-state index in [1.165, 1.54) is 0 Å². The van der Waals surface area contributed by atoms with Crippen LogP contribution in [0, 0.1) is 0 Å². The van der Waals surface area contributed by atoms with Crippen molar-refractivity contribution in [1.82, 2.24) is 4.57 Å². The average molecular weight is 197 g/mol. The third-order valence-electron chi connectivity index (χ3n) is 2.98. The van der Waals surface area contributed by atoms with E-state index in [4.69, 9.17) is 0 Å². The molecule has 1 unspecified atom stereocenters. The van der Waals surface area contributed by atoms with Gasteiger partial charge in [0.15, 0.2) is 5.78 Å². The maximum atomic E-state index is 12.0. The van der Waals surface area contributed by atoms with E-state index in [-0.39, 0.29) is 11.7 Å². The smallest absolute Gasteiger partial charge is 0.188 e. The summed E-state index contributed by atoms with van der Waals surface area (Å²) in [6.07, 6.45) is 1.97. The van der Waals surface area contributed by atoms with Crippen LogP contribution < -0.4 is 0 Å². The van der Waals surface area contributed by atoms with E-state index in [0.717, 1.165) is 17.8 Å². The Morgan fingerprint density at radius 1 is 1.07 bits per heavy atom. The van der Waals surface area contributed by atoms with Crippen molar-refractivity contribution in [1.29, 1.82) is 0 Å². The zero-order valence-electron chi connectivity index (χ0n) is 8.26. The van der Waals surface area contributed by atoms with Gasteiger partial charge in [-0.1, -0.05) is 30.3 Å². The quantitative estimate of drug-likeness (QED) is 0.688. The molecule has 1 aliphatic rings. The van der Waals surface area contributed by atoms with E-state index in [2.05, 4.69) is 0 Å². The zero-order chi connectivity index (χ0) is 10.3. The van der Waals surface area contributed by atoms with Crippen molar-refractivity contribution in [3.63, 3.8) is 0 Å². The summed E-state index contributed by atoms with van der Waals surface area (Å²) in [4.78, 5) is 12.0. The summed E-state index contributed by atoms with van der Waals surface area (Å²) >= 11 is 0. The fraction of sp³-hybridized carbons (Fsp3) is 0.154. The number of hydrogen-bond donors (Lipinski definition) is 0. The van der Waals surface area contributed by atoms with Crippen LogP contribution in [0.15, 0.2) is 48.7 Å². The molecule has 2 heteroatoms. The molecule has 0 amide bonds. The van der Waals surface area contributed by atoms with Gasteiger partial charge in [0.1, 0.15) is 0 Å². The van der Waals surface area contributed by atoms with Crippen LogP contribution in [0.3, 0.4) is 0 Å². The molecule has 0 radical (unpaired) electrons. The minimum absolute atomic E-state index is 0.0161. The topological polar surface area (TPSA) is 22.0 Å². The fourth-order valence-corrected chi connectivity index (χ4v) is 2.20. The zero-order valence-corrected chi connectivity index (χ0v) is 8.26. The molecule has 2 aromatic rings. The highest BCUT2D eigenvalue weighted by Crippen LogP contribution is 2.29. The molecule has 1 aromatic heterocycles. The lowest BCUT2D eigenvalue weighted by molar-refractivity contribution is 0.0973. The Labute approximate surface area is 88.2 Å². The number of ketones is 1. The summed E-state index contributed by atoms with van der Waals surface area (Å²) < 4.78 is 2.03. The maximum Gasteiger partial charge on any atom is 0.188 e. The summed E-state index contributed by atoms with van der Waals surface area (Å²) in [6, 6.07) is 13.8. The van der Waals surface area contributed by atoms with Gasteiger partial charge in [0, 0.05) is 12.7 Å². The van der Waals surface area contributed by atoms with Gasteiger partial charge in [0.2, 0.25) is 0 Å². The Bertz CT molecular complexity index is 498. The van der Waals surface area contributed by atoms with Crippen molar-refractivity contribution in [2.24, 2.45) is 0 Å². The van der Waals surface area contributed by atoms with Crippen molar-refractivity contribution in [2.45, 2.75) is 12.5 Å². The van der Waals surface area contributed by atoms with Crippen molar-refractivity contribution in [3.05, 3.63) is 59.9 Å². The number of carbonyl (C=O) groups is 1. The predicted octanol–water partition coefficient (Wildman–Crippen LogP) is 2.47. The van der Waals surface area contributed by atoms with Crippen LogP contribution >= 0.6 is 0 Å². The highest BCUT2D eigenvalue weighted by molar-refractivity contribution is 6.01. The molecule has 0 saturated heterocycles. The van der Waals surface area contributed by atoms with Gasteiger partial charge in [-0.05, 0) is 17.7 Å². The first-order valence-electron chi connectivity index (χ1n) is 5.10. The molecule has 1 aliphatic heterocycles. The molecule has 3 rings (SSSR count). The van der Waals surface area contributed by atoms with Crippen molar-refractivity contribution >= 4 is 5.78 Å². The molecule has 0 bridgehead atoms. The minimum Gasteiger partial charge on any atom is -0.344 e. The van der Waals surface area contributed by atoms with Gasteiger partial charge >= 0.3 is 0 Å². The third-order valence-corrected chi connectivity index (χ3v) is 2.98. The second kappa shape index (κ2) is 3.09. The number of aromatic nitrogens is 1. The molecular weight excluding hydrogens is 186 g/mol. The highest BCUT2D eigenvalue weighted by atomic mass is 16.1. The number of benzene rings is 1. The van der Waals surface area contributed by atoms with Crippen molar-refractivity contribution in [3.8, 4) is 0 Å². The van der Waals surface area contributed by atoms with Crippen LogP contribution in [-0.4, -0.2) is 10.4 Å². The van der Waals surface area contributed by atoms with E-state index in [9.17, 15) is 4.79 Å². The van der Waals surface area contributed by atoms with Gasteiger partial charge in [-0.3, -0.25) is 4.79 Å². The van der Waals surface area contributed by atoms with Gasteiger partial charge in [-0.2, -0.15) is 0 Å². The second-order valence-corrected chi connectivity index (χ2v) is 3.87. The Balaban J connectivity index is 2.00. The van der Waals surface area contributed by atoms with E-state index in [1.54, 1.807) is 0 Å². The van der Waals surface area contributed by atoms with Gasteiger partial charge in [-0.25, -0.2) is 0 Å². The molecular formula is C13H11NO. The predicted molar refractivity (Wildman–Crippen MR) is 57.9 cm³/mol. The number of hydrogen-bond acceptors (Lipinski definition) is 1. The van der Waals surface area contributed by atoms with Crippen molar-refractivity contribution in [2.75, 3.05) is 0 Å². The minimum atomic E-state index is 0.0161. The highest BCUT2D eigenvalue weighted by Gasteiger charge is 2.30. The van der Waals surface area contributed by atoms with Gasteiger partial charge in [0.05, 0.1) is 11.6 Å². The molecule has 0 N–H and O–H groups in total. The molecule has 74 valence electrons. The summed E-state index contributed by atoms with van der Waals surface area (Å²) in [6.45, 7) is 0.783. The molecule has 2 nitrogen and oxygen atoms in total. The van der Waals surface area contributed by atoms with Gasteiger partial charge < -0.3 is 4.57 Å². The van der Waals surface area contributed by atoms with Crippen LogP contribution in [0.5, 0.6) is 0 Å². The van der Waals surface area contributed by atoms with Gasteiger partial charge in [0.25, 0.3) is 0 Å². The Kier molecular flexibility index (Phi) is 1.75. The lowest BCUT2D eigenvalue weighted by atomic mass is 9.96. The third kappa shape index (κ3) is 1.22. The Morgan fingerprint density at radius 3 is 2.60 bits per heavy atom. The fourth-order valence-electron chi connectivity index (χ4n) is 2.20. The number of fused-ring (bicyclic) bond motifs is 1. The molecule has 1 atom stereocenters. The largest absolute Gasteiger partial charge is 0.344 e. The summed E-state index contributed by atoms with van der Waals surface area (Å²) in [5, 5.41) is 0. The molecule has 15 heavy (non-hydrogen) atoms. The van der Waals surface area contributed by atoms with Crippen LogP contribution in [0.4, 0.5) is 0 Å². The van der Waals surface area contributed by atoms with E-state index in [1.807, 2.05) is 53.2 Å².